The Bertz CT molecular complexity index is 905. The third-order valence-corrected chi connectivity index (χ3v) is 4.37. The first-order chi connectivity index (χ1) is 12.2. The van der Waals surface area contributed by atoms with Crippen LogP contribution in [0.2, 0.25) is 0 Å². The lowest BCUT2D eigenvalue weighted by molar-refractivity contribution is 0.579. The van der Waals surface area contributed by atoms with Crippen LogP contribution < -0.4 is 5.01 Å². The van der Waals surface area contributed by atoms with Crippen molar-refractivity contribution in [1.82, 2.24) is 0 Å². The molecule has 0 bridgehead atoms. The fraction of sp³-hybridized carbons (Fsp3) is 0.0952. The van der Waals surface area contributed by atoms with Gasteiger partial charge in [0.25, 0.3) is 0 Å². The van der Waals surface area contributed by atoms with Crippen molar-refractivity contribution in [2.75, 3.05) is 5.01 Å². The first kappa shape index (κ1) is 15.5. The largest absolute Gasteiger partial charge is 0.257 e. The molecule has 0 aromatic heterocycles. The van der Waals surface area contributed by atoms with Gasteiger partial charge in [0.2, 0.25) is 0 Å². The standard InChI is InChI=1S/C21H16F2N2/c22-16-12-10-15(11-13-16)20-14-21(18-8-4-5-9-19(18)23)25(24-20)17-6-2-1-3-7-17/h1-13,21H,14H2. The van der Waals surface area contributed by atoms with Crippen LogP contribution in [0.5, 0.6) is 0 Å². The van der Waals surface area contributed by atoms with E-state index < -0.39 is 0 Å². The fourth-order valence-electron chi connectivity index (χ4n) is 3.13. The quantitative estimate of drug-likeness (QED) is 0.633. The third-order valence-electron chi connectivity index (χ3n) is 4.37. The number of rotatable bonds is 3. The summed E-state index contributed by atoms with van der Waals surface area (Å²) in [5, 5.41) is 6.56. The molecule has 124 valence electrons. The van der Waals surface area contributed by atoms with Gasteiger partial charge in [-0.2, -0.15) is 5.10 Å². The van der Waals surface area contributed by atoms with Crippen molar-refractivity contribution < 1.29 is 8.78 Å². The highest BCUT2D eigenvalue weighted by atomic mass is 19.1. The van der Waals surface area contributed by atoms with E-state index in [1.807, 2.05) is 41.4 Å². The summed E-state index contributed by atoms with van der Waals surface area (Å²) in [5.74, 6) is -0.531. The molecule has 0 radical (unpaired) electrons. The summed E-state index contributed by atoms with van der Waals surface area (Å²) in [4.78, 5) is 0. The number of benzene rings is 3. The number of hydrazone groups is 1. The van der Waals surface area contributed by atoms with Crippen molar-refractivity contribution in [3.8, 4) is 0 Å². The van der Waals surface area contributed by atoms with Gasteiger partial charge in [0.15, 0.2) is 0 Å². The van der Waals surface area contributed by atoms with Gasteiger partial charge in [-0.25, -0.2) is 8.78 Å². The molecule has 0 spiro atoms. The summed E-state index contributed by atoms with van der Waals surface area (Å²) >= 11 is 0. The first-order valence-corrected chi connectivity index (χ1v) is 8.14. The predicted molar refractivity (Wildman–Crippen MR) is 95.6 cm³/mol. The normalized spacial score (nSPS) is 16.8. The first-order valence-electron chi connectivity index (χ1n) is 8.14. The fourth-order valence-corrected chi connectivity index (χ4v) is 3.13. The molecule has 2 nitrogen and oxygen atoms in total. The lowest BCUT2D eigenvalue weighted by Gasteiger charge is -2.24. The van der Waals surface area contributed by atoms with E-state index in [0.29, 0.717) is 12.0 Å². The average molecular weight is 334 g/mol. The average Bonchev–Trinajstić information content (AvgIpc) is 3.08. The Morgan fingerprint density at radius 1 is 0.800 bits per heavy atom. The zero-order chi connectivity index (χ0) is 17.2. The van der Waals surface area contributed by atoms with Crippen LogP contribution >= 0.6 is 0 Å². The minimum absolute atomic E-state index is 0.233. The van der Waals surface area contributed by atoms with Crippen LogP contribution in [0.25, 0.3) is 0 Å². The van der Waals surface area contributed by atoms with Crippen LogP contribution in [-0.2, 0) is 0 Å². The molecule has 1 heterocycles. The van der Waals surface area contributed by atoms with Gasteiger partial charge in [0, 0.05) is 12.0 Å². The number of para-hydroxylation sites is 1. The highest BCUT2D eigenvalue weighted by molar-refractivity contribution is 6.03. The Balaban J connectivity index is 1.77. The van der Waals surface area contributed by atoms with Gasteiger partial charge < -0.3 is 0 Å². The summed E-state index contributed by atoms with van der Waals surface area (Å²) in [5.41, 5.74) is 3.17. The molecule has 1 aliphatic heterocycles. The van der Waals surface area contributed by atoms with Crippen molar-refractivity contribution in [3.05, 3.63) is 102 Å². The van der Waals surface area contributed by atoms with Crippen LogP contribution in [0, 0.1) is 11.6 Å². The van der Waals surface area contributed by atoms with Crippen molar-refractivity contribution in [2.24, 2.45) is 5.10 Å². The Labute approximate surface area is 145 Å². The van der Waals surface area contributed by atoms with Crippen LogP contribution in [0.15, 0.2) is 84.0 Å². The van der Waals surface area contributed by atoms with Gasteiger partial charge in [0.05, 0.1) is 17.4 Å². The monoisotopic (exact) mass is 334 g/mol. The molecule has 1 atom stereocenters. The van der Waals surface area contributed by atoms with Gasteiger partial charge in [-0.05, 0) is 35.9 Å². The van der Waals surface area contributed by atoms with E-state index in [0.717, 1.165) is 17.0 Å². The number of hydrogen-bond acceptors (Lipinski definition) is 2. The molecule has 0 fully saturated rings. The molecule has 1 aliphatic rings. The molecule has 0 N–H and O–H groups in total. The van der Waals surface area contributed by atoms with Crippen LogP contribution in [-0.4, -0.2) is 5.71 Å². The summed E-state index contributed by atoms with van der Waals surface area (Å²) in [6, 6.07) is 22.5. The van der Waals surface area contributed by atoms with Crippen LogP contribution in [0.3, 0.4) is 0 Å². The van der Waals surface area contributed by atoms with E-state index in [-0.39, 0.29) is 17.7 Å². The van der Waals surface area contributed by atoms with Gasteiger partial charge in [0.1, 0.15) is 11.6 Å². The Kier molecular flexibility index (Phi) is 4.02. The summed E-state index contributed by atoms with van der Waals surface area (Å²) in [6.45, 7) is 0. The molecule has 0 amide bonds. The van der Waals surface area contributed by atoms with E-state index in [4.69, 9.17) is 5.10 Å². The Morgan fingerprint density at radius 3 is 2.20 bits per heavy atom. The molecule has 4 heteroatoms. The zero-order valence-corrected chi connectivity index (χ0v) is 13.4. The minimum atomic E-state index is -0.284. The SMILES string of the molecule is Fc1ccc(C2=NN(c3ccccc3)C(c3ccccc3F)C2)cc1. The second-order valence-corrected chi connectivity index (χ2v) is 5.98. The van der Waals surface area contributed by atoms with Crippen molar-refractivity contribution in [3.63, 3.8) is 0 Å². The molecular weight excluding hydrogens is 318 g/mol. The lowest BCUT2D eigenvalue weighted by Crippen LogP contribution is -2.19. The van der Waals surface area contributed by atoms with Crippen molar-refractivity contribution in [2.45, 2.75) is 12.5 Å². The van der Waals surface area contributed by atoms with Gasteiger partial charge >= 0.3 is 0 Å². The van der Waals surface area contributed by atoms with E-state index in [2.05, 4.69) is 0 Å². The van der Waals surface area contributed by atoms with Crippen molar-refractivity contribution in [1.29, 1.82) is 0 Å². The summed E-state index contributed by atoms with van der Waals surface area (Å²) < 4.78 is 27.6. The van der Waals surface area contributed by atoms with E-state index >= 15 is 0 Å². The molecule has 3 aromatic carbocycles. The number of nitrogens with zero attached hydrogens (tertiary/aromatic N) is 2. The second kappa shape index (κ2) is 6.48. The maximum Gasteiger partial charge on any atom is 0.128 e. The highest BCUT2D eigenvalue weighted by Crippen LogP contribution is 2.37. The maximum absolute atomic E-state index is 14.4. The molecule has 1 unspecified atom stereocenters. The highest BCUT2D eigenvalue weighted by Gasteiger charge is 2.31. The summed E-state index contributed by atoms with van der Waals surface area (Å²) in [6.07, 6.45) is 0.557. The Morgan fingerprint density at radius 2 is 1.48 bits per heavy atom. The molecule has 0 saturated carbocycles. The number of hydrogen-bond donors (Lipinski definition) is 0. The predicted octanol–water partition coefficient (Wildman–Crippen LogP) is 5.32. The van der Waals surface area contributed by atoms with Crippen LogP contribution in [0.4, 0.5) is 14.5 Å². The van der Waals surface area contributed by atoms with Gasteiger partial charge in [-0.1, -0.05) is 48.5 Å². The topological polar surface area (TPSA) is 15.6 Å². The van der Waals surface area contributed by atoms with E-state index in [1.165, 1.54) is 18.2 Å². The molecule has 25 heavy (non-hydrogen) atoms. The number of anilines is 1. The maximum atomic E-state index is 14.4. The second-order valence-electron chi connectivity index (χ2n) is 5.98. The molecule has 4 rings (SSSR count). The van der Waals surface area contributed by atoms with Gasteiger partial charge in [-0.15, -0.1) is 0 Å². The molecule has 0 saturated heterocycles. The smallest absolute Gasteiger partial charge is 0.128 e. The molecule has 0 aliphatic carbocycles. The third kappa shape index (κ3) is 3.03. The van der Waals surface area contributed by atoms with E-state index in [9.17, 15) is 8.78 Å². The number of halogens is 2. The van der Waals surface area contributed by atoms with Crippen molar-refractivity contribution >= 4 is 11.4 Å². The van der Waals surface area contributed by atoms with Gasteiger partial charge in [-0.3, -0.25) is 5.01 Å². The molecule has 3 aromatic rings. The zero-order valence-electron chi connectivity index (χ0n) is 13.4. The van der Waals surface area contributed by atoms with E-state index in [1.54, 1.807) is 24.3 Å². The summed E-state index contributed by atoms with van der Waals surface area (Å²) in [7, 11) is 0. The lowest BCUT2D eigenvalue weighted by atomic mass is 9.98. The Hall–Kier alpha value is -3.01. The minimum Gasteiger partial charge on any atom is -0.257 e. The molecular formula is C21H16F2N2. The van der Waals surface area contributed by atoms with Crippen LogP contribution in [0.1, 0.15) is 23.6 Å².